The molecule has 3 aromatic carbocycles. The zero-order chi connectivity index (χ0) is 24.9. The van der Waals surface area contributed by atoms with E-state index in [1.165, 1.54) is 22.5 Å². The molecule has 8 nitrogen and oxygen atoms in total. The van der Waals surface area contributed by atoms with Crippen molar-refractivity contribution in [2.45, 2.75) is 24.9 Å². The molecular weight excluding hydrogens is 454 g/mol. The highest BCUT2D eigenvalue weighted by molar-refractivity contribution is 7.98. The molecule has 0 aliphatic carbocycles. The van der Waals surface area contributed by atoms with Crippen molar-refractivity contribution in [3.05, 3.63) is 72.3 Å². The van der Waals surface area contributed by atoms with Crippen LogP contribution >= 0.6 is 11.8 Å². The average Bonchev–Trinajstić information content (AvgIpc) is 2.83. The zero-order valence-corrected chi connectivity index (χ0v) is 19.7. The van der Waals surface area contributed by atoms with Crippen LogP contribution in [-0.4, -0.2) is 47.5 Å². The summed E-state index contributed by atoms with van der Waals surface area (Å²) >= 11 is 1.51. The number of rotatable bonds is 10. The number of carboxylic acids is 1. The van der Waals surface area contributed by atoms with Gasteiger partial charge < -0.3 is 26.6 Å². The molecule has 34 heavy (non-hydrogen) atoms. The van der Waals surface area contributed by atoms with E-state index in [9.17, 15) is 14.4 Å². The predicted octanol–water partition coefficient (Wildman–Crippen LogP) is 2.84. The van der Waals surface area contributed by atoms with Crippen LogP contribution in [0.1, 0.15) is 12.0 Å². The van der Waals surface area contributed by atoms with Gasteiger partial charge in [-0.1, -0.05) is 42.5 Å². The Morgan fingerprint density at radius 3 is 2.38 bits per heavy atom. The van der Waals surface area contributed by atoms with Crippen LogP contribution < -0.4 is 21.5 Å². The maximum Gasteiger partial charge on any atom is 0.326 e. The van der Waals surface area contributed by atoms with Gasteiger partial charge in [-0.3, -0.25) is 9.59 Å². The van der Waals surface area contributed by atoms with Gasteiger partial charge in [-0.2, -0.15) is 11.8 Å². The van der Waals surface area contributed by atoms with E-state index in [0.29, 0.717) is 24.4 Å². The number of hydrogen-bond acceptors (Lipinski definition) is 7. The van der Waals surface area contributed by atoms with E-state index in [1.807, 2.05) is 36.6 Å². The minimum atomic E-state index is -1.07. The van der Waals surface area contributed by atoms with Crippen molar-refractivity contribution in [1.29, 1.82) is 0 Å². The molecule has 0 fully saturated rings. The first-order chi connectivity index (χ1) is 16.3. The quantitative estimate of drug-likeness (QED) is 0.254. The molecule has 6 N–H and O–H groups in total. The zero-order valence-electron chi connectivity index (χ0n) is 18.8. The number of carbonyl (C=O) groups excluding carboxylic acids is 2. The molecule has 0 heterocycles. The summed E-state index contributed by atoms with van der Waals surface area (Å²) < 4.78 is 4.67. The summed E-state index contributed by atoms with van der Waals surface area (Å²) in [6.07, 6.45) is 2.46. The SMILES string of the molecule is CSCC[C@H](NC(=O)[C@@H](N)Cc1ccc(OC=O)cc1)C(=O)O.Nc1ccc2ccccc2c1. The van der Waals surface area contributed by atoms with Crippen LogP contribution in [0.4, 0.5) is 5.69 Å². The lowest BCUT2D eigenvalue weighted by Gasteiger charge is -2.17. The van der Waals surface area contributed by atoms with Crippen LogP contribution in [0.2, 0.25) is 0 Å². The standard InChI is InChI=1S/C15H20N2O5S.C10H9N/c1-23-7-6-13(15(20)21)17-14(19)12(16)8-10-2-4-11(5-3-10)22-9-18;11-10-6-5-8-3-1-2-4-9(8)7-10/h2-5,9,12-13H,6-8,16H2,1H3,(H,17,19)(H,20,21);1-7H,11H2/t12-,13-;/m0./s1. The minimum Gasteiger partial charge on any atom is -0.480 e. The van der Waals surface area contributed by atoms with Crippen molar-refractivity contribution >= 4 is 46.6 Å². The van der Waals surface area contributed by atoms with Crippen LogP contribution in [0.15, 0.2) is 66.7 Å². The summed E-state index contributed by atoms with van der Waals surface area (Å²) in [5, 5.41) is 14.0. The highest BCUT2D eigenvalue weighted by atomic mass is 32.2. The number of nitrogens with one attached hydrogen (secondary N) is 1. The fraction of sp³-hybridized carbons (Fsp3) is 0.240. The topological polar surface area (TPSA) is 145 Å². The summed E-state index contributed by atoms with van der Waals surface area (Å²) in [6, 6.07) is 18.9. The number of carboxylic acid groups (broad SMARTS) is 1. The van der Waals surface area contributed by atoms with Crippen LogP contribution in [0.5, 0.6) is 5.75 Å². The van der Waals surface area contributed by atoms with Gasteiger partial charge in [-0.15, -0.1) is 0 Å². The number of amides is 1. The molecule has 0 bridgehead atoms. The van der Waals surface area contributed by atoms with Crippen molar-refractivity contribution in [1.82, 2.24) is 5.32 Å². The molecule has 0 aliphatic heterocycles. The van der Waals surface area contributed by atoms with E-state index in [-0.39, 0.29) is 6.42 Å². The number of nitrogens with two attached hydrogens (primary N) is 2. The molecule has 0 aromatic heterocycles. The number of hydrogen-bond donors (Lipinski definition) is 4. The van der Waals surface area contributed by atoms with E-state index in [0.717, 1.165) is 11.3 Å². The number of thioether (sulfide) groups is 1. The molecule has 3 aromatic rings. The number of fused-ring (bicyclic) bond motifs is 1. The molecule has 0 spiro atoms. The first-order valence-electron chi connectivity index (χ1n) is 10.5. The monoisotopic (exact) mass is 483 g/mol. The fourth-order valence-electron chi connectivity index (χ4n) is 3.09. The Morgan fingerprint density at radius 1 is 1.09 bits per heavy atom. The second-order valence-electron chi connectivity index (χ2n) is 7.46. The van der Waals surface area contributed by atoms with E-state index in [4.69, 9.17) is 16.6 Å². The summed E-state index contributed by atoms with van der Waals surface area (Å²) in [7, 11) is 0. The third kappa shape index (κ3) is 8.76. The van der Waals surface area contributed by atoms with Gasteiger partial charge in [0.05, 0.1) is 6.04 Å². The molecule has 0 saturated heterocycles. The molecule has 3 rings (SSSR count). The Bertz CT molecular complexity index is 1090. The number of nitrogen functional groups attached to an aromatic ring is 1. The molecule has 2 atom stereocenters. The van der Waals surface area contributed by atoms with Gasteiger partial charge in [0.15, 0.2) is 0 Å². The molecule has 0 unspecified atom stereocenters. The second kappa shape index (κ2) is 13.9. The van der Waals surface area contributed by atoms with Crippen molar-refractivity contribution < 1.29 is 24.2 Å². The fourth-order valence-corrected chi connectivity index (χ4v) is 3.56. The van der Waals surface area contributed by atoms with Crippen LogP contribution in [0.25, 0.3) is 10.8 Å². The van der Waals surface area contributed by atoms with Crippen molar-refractivity contribution in [3.8, 4) is 5.75 Å². The molecule has 1 amide bonds. The predicted molar refractivity (Wildman–Crippen MR) is 136 cm³/mol. The van der Waals surface area contributed by atoms with E-state index < -0.39 is 24.0 Å². The van der Waals surface area contributed by atoms with Crippen LogP contribution in [-0.2, 0) is 20.8 Å². The Labute approximate surface area is 202 Å². The molecule has 180 valence electrons. The summed E-state index contributed by atoms with van der Waals surface area (Å²) in [5.74, 6) is -0.559. The number of aliphatic carboxylic acids is 1. The summed E-state index contributed by atoms with van der Waals surface area (Å²) in [6.45, 7) is 0.328. The molecule has 0 radical (unpaired) electrons. The van der Waals surface area contributed by atoms with Gasteiger partial charge in [-0.25, -0.2) is 4.79 Å². The lowest BCUT2D eigenvalue weighted by Crippen LogP contribution is -2.49. The van der Waals surface area contributed by atoms with Crippen molar-refractivity contribution in [3.63, 3.8) is 0 Å². The lowest BCUT2D eigenvalue weighted by molar-refractivity contribution is -0.142. The van der Waals surface area contributed by atoms with Gasteiger partial charge in [0.25, 0.3) is 6.47 Å². The highest BCUT2D eigenvalue weighted by Crippen LogP contribution is 2.16. The Balaban J connectivity index is 0.000000305. The highest BCUT2D eigenvalue weighted by Gasteiger charge is 2.23. The van der Waals surface area contributed by atoms with Crippen LogP contribution in [0, 0.1) is 0 Å². The van der Waals surface area contributed by atoms with Gasteiger partial charge in [0.1, 0.15) is 11.8 Å². The largest absolute Gasteiger partial charge is 0.480 e. The van der Waals surface area contributed by atoms with Crippen LogP contribution in [0.3, 0.4) is 0 Å². The number of carbonyl (C=O) groups is 3. The minimum absolute atomic E-state index is 0.252. The van der Waals surface area contributed by atoms with Crippen molar-refractivity contribution in [2.75, 3.05) is 17.7 Å². The average molecular weight is 484 g/mol. The molecule has 0 saturated carbocycles. The third-order valence-corrected chi connectivity index (χ3v) is 5.54. The molecular formula is C25H29N3O5S. The normalized spacial score (nSPS) is 12.1. The lowest BCUT2D eigenvalue weighted by atomic mass is 10.1. The van der Waals surface area contributed by atoms with Gasteiger partial charge >= 0.3 is 5.97 Å². The molecule has 0 aliphatic rings. The van der Waals surface area contributed by atoms with Gasteiger partial charge in [-0.05, 0) is 65.5 Å². The summed E-state index contributed by atoms with van der Waals surface area (Å²) in [5.41, 5.74) is 13.1. The molecule has 9 heteroatoms. The van der Waals surface area contributed by atoms with Gasteiger partial charge in [0, 0.05) is 5.69 Å². The van der Waals surface area contributed by atoms with E-state index in [1.54, 1.807) is 24.3 Å². The maximum atomic E-state index is 12.0. The van der Waals surface area contributed by atoms with E-state index >= 15 is 0 Å². The smallest absolute Gasteiger partial charge is 0.326 e. The third-order valence-electron chi connectivity index (χ3n) is 4.90. The Hall–Kier alpha value is -3.56. The Kier molecular flexibility index (Phi) is 10.9. The number of ether oxygens (including phenoxy) is 1. The first kappa shape index (κ1) is 26.7. The van der Waals surface area contributed by atoms with E-state index in [2.05, 4.69) is 22.2 Å². The number of benzene rings is 3. The first-order valence-corrected chi connectivity index (χ1v) is 11.9. The summed E-state index contributed by atoms with van der Waals surface area (Å²) in [4.78, 5) is 33.3. The van der Waals surface area contributed by atoms with Gasteiger partial charge in [0.2, 0.25) is 5.91 Å². The second-order valence-corrected chi connectivity index (χ2v) is 8.44. The maximum absolute atomic E-state index is 12.0. The number of anilines is 1. The Morgan fingerprint density at radius 2 is 1.76 bits per heavy atom. The van der Waals surface area contributed by atoms with Crippen molar-refractivity contribution in [2.24, 2.45) is 5.73 Å².